The summed E-state index contributed by atoms with van der Waals surface area (Å²) in [7, 11) is 4.72. The standard InChI is InChI=1S/C11H17N5O3/c1-6(17)5-14(2)10-12-7-8(13-10)15(3)11(19)16(4)9(7)18/h6,17H,5H2,1-4H3,(H,12,13). The van der Waals surface area contributed by atoms with Crippen molar-refractivity contribution in [2.75, 3.05) is 18.5 Å². The van der Waals surface area contributed by atoms with Crippen LogP contribution in [0.4, 0.5) is 5.95 Å². The fourth-order valence-corrected chi connectivity index (χ4v) is 1.98. The lowest BCUT2D eigenvalue weighted by Gasteiger charge is -2.16. The van der Waals surface area contributed by atoms with E-state index in [2.05, 4.69) is 9.97 Å². The van der Waals surface area contributed by atoms with Gasteiger partial charge in [0, 0.05) is 27.7 Å². The average molecular weight is 267 g/mol. The van der Waals surface area contributed by atoms with Gasteiger partial charge in [0.2, 0.25) is 5.95 Å². The van der Waals surface area contributed by atoms with Gasteiger partial charge in [-0.05, 0) is 6.92 Å². The van der Waals surface area contributed by atoms with Gasteiger partial charge >= 0.3 is 5.69 Å². The SMILES string of the molecule is CC(O)CN(C)c1nc2c([nH]1)c(=O)n(C)c(=O)n2C. The minimum absolute atomic E-state index is 0.275. The smallest absolute Gasteiger partial charge is 0.332 e. The molecule has 0 saturated heterocycles. The van der Waals surface area contributed by atoms with Crippen molar-refractivity contribution in [3.63, 3.8) is 0 Å². The molecule has 1 atom stereocenters. The van der Waals surface area contributed by atoms with Crippen LogP contribution in [-0.2, 0) is 14.1 Å². The molecule has 2 aromatic rings. The highest BCUT2D eigenvalue weighted by Crippen LogP contribution is 2.12. The number of rotatable bonds is 3. The average Bonchev–Trinajstić information content (AvgIpc) is 2.78. The number of imidazole rings is 1. The topological polar surface area (TPSA) is 96.2 Å². The van der Waals surface area contributed by atoms with Crippen molar-refractivity contribution in [3.05, 3.63) is 20.8 Å². The van der Waals surface area contributed by atoms with Crippen LogP contribution in [0.25, 0.3) is 11.2 Å². The number of hydrogen-bond donors (Lipinski definition) is 2. The van der Waals surface area contributed by atoms with E-state index in [1.165, 1.54) is 11.6 Å². The Balaban J connectivity index is 2.64. The fourth-order valence-electron chi connectivity index (χ4n) is 1.98. The van der Waals surface area contributed by atoms with E-state index >= 15 is 0 Å². The van der Waals surface area contributed by atoms with Crippen molar-refractivity contribution >= 4 is 17.1 Å². The number of aromatic amines is 1. The molecule has 104 valence electrons. The first-order valence-corrected chi connectivity index (χ1v) is 5.88. The first-order chi connectivity index (χ1) is 8.82. The predicted octanol–water partition coefficient (Wildman–Crippen LogP) is -1.22. The summed E-state index contributed by atoms with van der Waals surface area (Å²) < 4.78 is 2.34. The first kappa shape index (κ1) is 13.3. The molecule has 8 nitrogen and oxygen atoms in total. The van der Waals surface area contributed by atoms with Crippen LogP contribution in [0.3, 0.4) is 0 Å². The van der Waals surface area contributed by atoms with E-state index in [1.807, 2.05) is 0 Å². The van der Waals surface area contributed by atoms with Gasteiger partial charge in [0.15, 0.2) is 11.2 Å². The molecule has 0 bridgehead atoms. The van der Waals surface area contributed by atoms with Crippen LogP contribution in [0.1, 0.15) is 6.92 Å². The Labute approximate surface area is 108 Å². The van der Waals surface area contributed by atoms with Gasteiger partial charge in [0.1, 0.15) is 0 Å². The molecule has 0 spiro atoms. The van der Waals surface area contributed by atoms with Crippen molar-refractivity contribution in [1.29, 1.82) is 0 Å². The molecule has 2 N–H and O–H groups in total. The maximum Gasteiger partial charge on any atom is 0.332 e. The lowest BCUT2D eigenvalue weighted by Crippen LogP contribution is -2.36. The second-order valence-corrected chi connectivity index (χ2v) is 4.69. The minimum atomic E-state index is -0.523. The number of aromatic nitrogens is 4. The summed E-state index contributed by atoms with van der Waals surface area (Å²) in [5.41, 5.74) is -0.256. The van der Waals surface area contributed by atoms with Gasteiger partial charge in [-0.15, -0.1) is 0 Å². The highest BCUT2D eigenvalue weighted by atomic mass is 16.3. The van der Waals surface area contributed by atoms with Gasteiger partial charge in [-0.3, -0.25) is 13.9 Å². The summed E-state index contributed by atoms with van der Waals surface area (Å²) >= 11 is 0. The molecule has 0 radical (unpaired) electrons. The zero-order valence-corrected chi connectivity index (χ0v) is 11.3. The molecule has 0 aliphatic rings. The predicted molar refractivity (Wildman–Crippen MR) is 71.5 cm³/mol. The summed E-state index contributed by atoms with van der Waals surface area (Å²) in [4.78, 5) is 32.6. The molecule has 8 heteroatoms. The monoisotopic (exact) mass is 267 g/mol. The quantitative estimate of drug-likeness (QED) is 0.726. The Kier molecular flexibility index (Phi) is 3.19. The van der Waals surface area contributed by atoms with Crippen LogP contribution in [-0.4, -0.2) is 43.9 Å². The highest BCUT2D eigenvalue weighted by Gasteiger charge is 2.15. The van der Waals surface area contributed by atoms with Gasteiger partial charge < -0.3 is 15.0 Å². The number of hydrogen-bond acceptors (Lipinski definition) is 5. The number of anilines is 1. The molecule has 0 aliphatic carbocycles. The molecule has 0 aliphatic heterocycles. The molecule has 2 aromatic heterocycles. The zero-order chi connectivity index (χ0) is 14.3. The molecule has 19 heavy (non-hydrogen) atoms. The number of nitrogens with one attached hydrogen (secondary N) is 1. The third kappa shape index (κ3) is 2.14. The molecule has 2 rings (SSSR count). The number of aryl methyl sites for hydroxylation is 1. The summed E-state index contributed by atoms with van der Waals surface area (Å²) in [5, 5.41) is 9.35. The fraction of sp³-hybridized carbons (Fsp3) is 0.545. The van der Waals surface area contributed by atoms with Crippen molar-refractivity contribution in [2.45, 2.75) is 13.0 Å². The number of likely N-dealkylation sites (N-methyl/N-ethyl adjacent to an activating group) is 1. The van der Waals surface area contributed by atoms with Crippen LogP contribution >= 0.6 is 0 Å². The van der Waals surface area contributed by atoms with E-state index in [-0.39, 0.29) is 5.52 Å². The van der Waals surface area contributed by atoms with Gasteiger partial charge in [-0.25, -0.2) is 4.79 Å². The van der Waals surface area contributed by atoms with E-state index in [0.717, 1.165) is 4.57 Å². The van der Waals surface area contributed by atoms with Crippen LogP contribution in [0.2, 0.25) is 0 Å². The van der Waals surface area contributed by atoms with E-state index < -0.39 is 17.4 Å². The van der Waals surface area contributed by atoms with Gasteiger partial charge in [0.05, 0.1) is 6.10 Å². The number of fused-ring (bicyclic) bond motifs is 1. The summed E-state index contributed by atoms with van der Waals surface area (Å²) in [5.74, 6) is 0.439. The molecule has 0 fully saturated rings. The third-order valence-electron chi connectivity index (χ3n) is 2.98. The number of aliphatic hydroxyl groups is 1. The Morgan fingerprint density at radius 1 is 1.37 bits per heavy atom. The van der Waals surface area contributed by atoms with Gasteiger partial charge in [-0.2, -0.15) is 4.98 Å². The van der Waals surface area contributed by atoms with Crippen LogP contribution in [0.15, 0.2) is 9.59 Å². The van der Waals surface area contributed by atoms with Crippen molar-refractivity contribution < 1.29 is 5.11 Å². The maximum absolute atomic E-state index is 12.0. The summed E-state index contributed by atoms with van der Waals surface area (Å²) in [6.45, 7) is 2.03. The molecule has 2 heterocycles. The van der Waals surface area contributed by atoms with Crippen LogP contribution in [0.5, 0.6) is 0 Å². The Morgan fingerprint density at radius 3 is 2.58 bits per heavy atom. The van der Waals surface area contributed by atoms with E-state index in [9.17, 15) is 14.7 Å². The Hall–Kier alpha value is -2.09. The normalized spacial score (nSPS) is 12.9. The Bertz CT molecular complexity index is 724. The second-order valence-electron chi connectivity index (χ2n) is 4.69. The molecule has 1 unspecified atom stereocenters. The van der Waals surface area contributed by atoms with Crippen molar-refractivity contribution in [1.82, 2.24) is 19.1 Å². The first-order valence-electron chi connectivity index (χ1n) is 5.88. The van der Waals surface area contributed by atoms with Crippen LogP contribution < -0.4 is 16.1 Å². The van der Waals surface area contributed by atoms with Crippen molar-refractivity contribution in [2.24, 2.45) is 14.1 Å². The number of nitrogens with zero attached hydrogens (tertiary/aromatic N) is 4. The van der Waals surface area contributed by atoms with Gasteiger partial charge in [0.25, 0.3) is 5.56 Å². The van der Waals surface area contributed by atoms with Crippen molar-refractivity contribution in [3.8, 4) is 0 Å². The molecule has 0 amide bonds. The largest absolute Gasteiger partial charge is 0.392 e. The summed E-state index contributed by atoms with van der Waals surface area (Å²) in [6.07, 6.45) is -0.523. The molecule has 0 saturated carbocycles. The summed E-state index contributed by atoms with van der Waals surface area (Å²) in [6, 6.07) is 0. The zero-order valence-electron chi connectivity index (χ0n) is 11.3. The highest BCUT2D eigenvalue weighted by molar-refractivity contribution is 5.72. The number of H-pyrrole nitrogens is 1. The second kappa shape index (κ2) is 4.54. The van der Waals surface area contributed by atoms with E-state index in [1.54, 1.807) is 25.9 Å². The lowest BCUT2D eigenvalue weighted by molar-refractivity contribution is 0.201. The molecule has 0 aromatic carbocycles. The minimum Gasteiger partial charge on any atom is -0.392 e. The number of aliphatic hydroxyl groups excluding tert-OH is 1. The molecular formula is C11H17N5O3. The van der Waals surface area contributed by atoms with Gasteiger partial charge in [-0.1, -0.05) is 0 Å². The van der Waals surface area contributed by atoms with E-state index in [4.69, 9.17) is 0 Å². The maximum atomic E-state index is 12.0. The Morgan fingerprint density at radius 2 is 2.00 bits per heavy atom. The lowest BCUT2D eigenvalue weighted by atomic mass is 10.4. The third-order valence-corrected chi connectivity index (χ3v) is 2.98. The van der Waals surface area contributed by atoms with E-state index in [0.29, 0.717) is 18.1 Å². The van der Waals surface area contributed by atoms with Crippen LogP contribution in [0, 0.1) is 0 Å². The molecular weight excluding hydrogens is 250 g/mol.